The van der Waals surface area contributed by atoms with Crippen molar-refractivity contribution in [3.8, 4) is 0 Å². The molecule has 14 nitrogen and oxygen atoms in total. The quantitative estimate of drug-likeness (QED) is 0.172. The fraction of sp³-hybridized carbons (Fsp3) is 0.500. The highest BCUT2D eigenvalue weighted by molar-refractivity contribution is 8.00. The maximum absolute atomic E-state index is 12.7. The van der Waals surface area contributed by atoms with Crippen molar-refractivity contribution in [3.63, 3.8) is 0 Å². The summed E-state index contributed by atoms with van der Waals surface area (Å²) < 4.78 is 1.44. The number of aliphatic carboxylic acids is 1. The van der Waals surface area contributed by atoms with Gasteiger partial charge in [0.15, 0.2) is 10.9 Å². The molecule has 2 aliphatic rings. The van der Waals surface area contributed by atoms with Crippen LogP contribution in [0.5, 0.6) is 0 Å². The van der Waals surface area contributed by atoms with Gasteiger partial charge in [0.25, 0.3) is 5.91 Å². The average Bonchev–Trinajstić information content (AvgIpc) is 3.44. The number of carbonyl (C=O) groups excluding carboxylic acids is 3. The normalized spacial score (nSPS) is 25.8. The Morgan fingerprint density at radius 1 is 1.55 bits per heavy atom. The zero-order valence-corrected chi connectivity index (χ0v) is 19.4. The molecule has 2 aromatic heterocycles. The van der Waals surface area contributed by atoms with Gasteiger partial charge in [0.05, 0.1) is 5.69 Å². The van der Waals surface area contributed by atoms with Crippen LogP contribution in [0.3, 0.4) is 0 Å². The number of amides is 3. The number of nitrogens with one attached hydrogen (secondary N) is 2. The summed E-state index contributed by atoms with van der Waals surface area (Å²) in [4.78, 5) is 55.5. The summed E-state index contributed by atoms with van der Waals surface area (Å²) in [5.41, 5.74) is -1.07. The molecule has 2 aliphatic heterocycles. The van der Waals surface area contributed by atoms with E-state index in [1.54, 1.807) is 7.05 Å². The zero-order chi connectivity index (χ0) is 23.8. The van der Waals surface area contributed by atoms with Gasteiger partial charge in [-0.25, -0.2) is 4.68 Å². The number of hydrogen-bond acceptors (Lipinski definition) is 11. The van der Waals surface area contributed by atoms with Crippen LogP contribution < -0.4 is 10.1 Å². The number of H-pyrrole nitrogens is 1. The van der Waals surface area contributed by atoms with Crippen molar-refractivity contribution in [3.05, 3.63) is 15.9 Å². The number of aliphatic hydroxyl groups excluding tert-OH is 1. The van der Waals surface area contributed by atoms with Crippen LogP contribution in [0, 0.1) is 5.41 Å². The van der Waals surface area contributed by atoms with E-state index in [1.165, 1.54) is 38.5 Å². The molecular formula is C16H18N8O6S3. The third-order valence-electron chi connectivity index (χ3n) is 5.22. The molecule has 0 saturated carbocycles. The molecule has 0 radical (unpaired) electrons. The first-order valence-electron chi connectivity index (χ1n) is 9.40. The number of carboxylic acid groups (broad SMARTS) is 1. The van der Waals surface area contributed by atoms with Crippen LogP contribution in [0.25, 0.3) is 0 Å². The Labute approximate surface area is 197 Å². The Morgan fingerprint density at radius 3 is 3.00 bits per heavy atom. The molecular weight excluding hydrogens is 496 g/mol. The molecule has 4 rings (SSSR count). The third kappa shape index (κ3) is 4.40. The molecule has 2 aromatic rings. The second-order valence-corrected chi connectivity index (χ2v) is 10.3. The maximum Gasteiger partial charge on any atom is 0.313 e. The predicted octanol–water partition coefficient (Wildman–Crippen LogP) is -2.05. The molecule has 4 atom stereocenters. The van der Waals surface area contributed by atoms with Crippen molar-refractivity contribution in [2.45, 2.75) is 22.7 Å². The van der Waals surface area contributed by atoms with Crippen LogP contribution in [0.15, 0.2) is 15.5 Å². The van der Waals surface area contributed by atoms with E-state index in [0.717, 1.165) is 11.3 Å². The predicted molar refractivity (Wildman–Crippen MR) is 115 cm³/mol. The number of thioether (sulfide) groups is 2. The molecule has 3 unspecified atom stereocenters. The fourth-order valence-corrected chi connectivity index (χ4v) is 6.79. The van der Waals surface area contributed by atoms with Gasteiger partial charge >= 0.3 is 5.97 Å². The van der Waals surface area contributed by atoms with E-state index < -0.39 is 40.7 Å². The first-order valence-corrected chi connectivity index (χ1v) is 12.3. The van der Waals surface area contributed by atoms with Crippen LogP contribution in [-0.4, -0.2) is 94.0 Å². The van der Waals surface area contributed by atoms with Gasteiger partial charge in [-0.2, -0.15) is 4.99 Å². The molecule has 4 N–H and O–H groups in total. The minimum Gasteiger partial charge on any atom is -0.481 e. The van der Waals surface area contributed by atoms with Gasteiger partial charge in [-0.05, 0) is 10.4 Å². The SMILES string of the molecule is Cn1nnnc1SCC1(C(=O)O)CS[C@@H]2C(NC(=O)C(O)c3csc(=NC=O)[nH]3)C(=O)N2C1. The van der Waals surface area contributed by atoms with Crippen LogP contribution in [0.1, 0.15) is 11.8 Å². The first kappa shape index (κ1) is 23.4. The lowest BCUT2D eigenvalue weighted by Gasteiger charge is -2.53. The van der Waals surface area contributed by atoms with Gasteiger partial charge in [0.2, 0.25) is 17.5 Å². The largest absolute Gasteiger partial charge is 0.481 e. The minimum atomic E-state index is -1.58. The van der Waals surface area contributed by atoms with Crippen LogP contribution in [-0.2, 0) is 26.2 Å². The maximum atomic E-state index is 12.7. The summed E-state index contributed by atoms with van der Waals surface area (Å²) in [5.74, 6) is -1.86. The molecule has 176 valence electrons. The van der Waals surface area contributed by atoms with Crippen molar-refractivity contribution in [1.82, 2.24) is 35.4 Å². The number of aromatic amines is 1. The van der Waals surface area contributed by atoms with Crippen LogP contribution in [0.4, 0.5) is 0 Å². The molecule has 0 aromatic carbocycles. The Kier molecular flexibility index (Phi) is 6.55. The molecule has 0 bridgehead atoms. The van der Waals surface area contributed by atoms with Crippen molar-refractivity contribution in [2.75, 3.05) is 18.1 Å². The van der Waals surface area contributed by atoms with Crippen molar-refractivity contribution < 1.29 is 29.4 Å². The molecule has 2 saturated heterocycles. The number of carbonyl (C=O) groups is 4. The lowest BCUT2D eigenvalue weighted by atomic mass is 9.89. The number of aryl methyl sites for hydroxylation is 1. The van der Waals surface area contributed by atoms with E-state index in [-0.39, 0.29) is 28.5 Å². The molecule has 0 aliphatic carbocycles. The van der Waals surface area contributed by atoms with E-state index >= 15 is 0 Å². The van der Waals surface area contributed by atoms with E-state index in [1.807, 2.05) is 0 Å². The summed E-state index contributed by atoms with van der Waals surface area (Å²) in [7, 11) is 1.65. The Bertz CT molecular complexity index is 1160. The number of rotatable bonds is 8. The van der Waals surface area contributed by atoms with Gasteiger partial charge < -0.3 is 25.4 Å². The van der Waals surface area contributed by atoms with Crippen LogP contribution >= 0.6 is 34.9 Å². The van der Waals surface area contributed by atoms with Gasteiger partial charge in [-0.3, -0.25) is 19.2 Å². The Hall–Kier alpha value is -2.76. The fourth-order valence-electron chi connectivity index (χ4n) is 3.37. The van der Waals surface area contributed by atoms with Gasteiger partial charge in [0, 0.05) is 30.5 Å². The highest BCUT2D eigenvalue weighted by atomic mass is 32.2. The van der Waals surface area contributed by atoms with Gasteiger partial charge in [-0.1, -0.05) is 11.8 Å². The second kappa shape index (κ2) is 9.24. The van der Waals surface area contributed by atoms with Gasteiger partial charge in [-0.15, -0.1) is 28.2 Å². The van der Waals surface area contributed by atoms with Gasteiger partial charge in [0.1, 0.15) is 16.8 Å². The number of nitrogens with zero attached hydrogens (tertiary/aromatic N) is 6. The summed E-state index contributed by atoms with van der Waals surface area (Å²) >= 11 is 3.49. The number of thiazole rings is 1. The Balaban J connectivity index is 1.39. The third-order valence-corrected chi connectivity index (χ3v) is 8.91. The van der Waals surface area contributed by atoms with E-state index in [2.05, 4.69) is 30.8 Å². The Morgan fingerprint density at radius 2 is 2.33 bits per heavy atom. The highest BCUT2D eigenvalue weighted by Crippen LogP contribution is 2.44. The number of fused-ring (bicyclic) bond motifs is 1. The summed E-state index contributed by atoms with van der Waals surface area (Å²) in [6.45, 7) is -0.0130. The number of aromatic nitrogens is 5. The van der Waals surface area contributed by atoms with E-state index in [4.69, 9.17) is 0 Å². The molecule has 3 amide bonds. The number of tetrazole rings is 1. The summed E-state index contributed by atoms with van der Waals surface area (Å²) in [6, 6.07) is -0.877. The molecule has 4 heterocycles. The molecule has 33 heavy (non-hydrogen) atoms. The van der Waals surface area contributed by atoms with Crippen LogP contribution in [0.2, 0.25) is 0 Å². The van der Waals surface area contributed by atoms with Crippen molar-refractivity contribution in [2.24, 2.45) is 17.5 Å². The monoisotopic (exact) mass is 514 g/mol. The second-order valence-electron chi connectivity index (χ2n) is 7.37. The zero-order valence-electron chi connectivity index (χ0n) is 16.9. The highest BCUT2D eigenvalue weighted by Gasteiger charge is 2.57. The lowest BCUT2D eigenvalue weighted by Crippen LogP contribution is -2.74. The lowest BCUT2D eigenvalue weighted by molar-refractivity contribution is -0.158. The number of β-lactam (4-membered cyclic amide) rings is 1. The number of carboxylic acids is 1. The van der Waals surface area contributed by atoms with E-state index in [9.17, 15) is 29.4 Å². The smallest absolute Gasteiger partial charge is 0.313 e. The van der Waals surface area contributed by atoms with Crippen molar-refractivity contribution in [1.29, 1.82) is 0 Å². The topological polar surface area (TPSA) is 196 Å². The molecule has 17 heteroatoms. The van der Waals surface area contributed by atoms with E-state index in [0.29, 0.717) is 11.6 Å². The van der Waals surface area contributed by atoms with Crippen molar-refractivity contribution >= 4 is 59.1 Å². The number of aliphatic hydroxyl groups is 1. The standard InChI is InChI=1S/C16H18N8O6S3/c1-23-15(20-21-22-23)33-5-16(13(29)30)3-24-11(28)8(12(24)32-4-16)19-10(27)9(26)7-2-31-14(18-7)17-6-25/h2,6,8-9,12,26H,3-5H2,1H3,(H,19,27)(H,29,30)(H,17,18,25)/t8?,9?,12-,16?/m1/s1. The average molecular weight is 515 g/mol. The summed E-state index contributed by atoms with van der Waals surface area (Å²) in [6.07, 6.45) is -1.25. The summed E-state index contributed by atoms with van der Waals surface area (Å²) in [5, 5.41) is 35.2. The minimum absolute atomic E-state index is 0.0130. The molecule has 0 spiro atoms. The number of hydrogen-bond donors (Lipinski definition) is 4. The first-order chi connectivity index (χ1) is 15.8. The molecule has 2 fully saturated rings.